The fourth-order valence-corrected chi connectivity index (χ4v) is 4.16. The molecule has 2 unspecified atom stereocenters. The third-order valence-electron chi connectivity index (χ3n) is 5.82. The summed E-state index contributed by atoms with van der Waals surface area (Å²) in [5, 5.41) is 0. The van der Waals surface area contributed by atoms with Gasteiger partial charge in [0.15, 0.2) is 0 Å². The first-order valence-electron chi connectivity index (χ1n) is 7.48. The molecular weight excluding hydrogens is 204 g/mol. The lowest BCUT2D eigenvalue weighted by Crippen LogP contribution is -2.28. The molecule has 17 heavy (non-hydrogen) atoms. The summed E-state index contributed by atoms with van der Waals surface area (Å²) in [5.74, 6) is 1.76. The van der Waals surface area contributed by atoms with Gasteiger partial charge < -0.3 is 0 Å². The van der Waals surface area contributed by atoms with E-state index in [2.05, 4.69) is 33.4 Å². The van der Waals surface area contributed by atoms with Crippen molar-refractivity contribution in [1.82, 2.24) is 0 Å². The Morgan fingerprint density at radius 1 is 1.47 bits per heavy atom. The standard InChI is InChI=1S/C17H26/c1-5-6-12(2)13(3)7-15-9-17(15)10-16(11-17)8-14(16)4/h12,14H,5-6,8-11H2,1-4H3. The smallest absolute Gasteiger partial charge is 0.00422 e. The molecule has 0 aromatic heterocycles. The second kappa shape index (κ2) is 3.51. The van der Waals surface area contributed by atoms with E-state index in [1.165, 1.54) is 44.1 Å². The summed E-state index contributed by atoms with van der Waals surface area (Å²) >= 11 is 0. The fraction of sp³-hybridized carbons (Fsp3) is 0.824. The first kappa shape index (κ1) is 11.6. The lowest BCUT2D eigenvalue weighted by atomic mass is 9.67. The minimum absolute atomic E-state index is 0.665. The Labute approximate surface area is 106 Å². The molecule has 0 heteroatoms. The minimum atomic E-state index is 0.665. The molecule has 0 N–H and O–H groups in total. The van der Waals surface area contributed by atoms with Crippen LogP contribution in [0.4, 0.5) is 0 Å². The van der Waals surface area contributed by atoms with Crippen molar-refractivity contribution in [2.24, 2.45) is 22.7 Å². The van der Waals surface area contributed by atoms with E-state index in [1.807, 2.05) is 0 Å². The van der Waals surface area contributed by atoms with E-state index < -0.39 is 0 Å². The first-order chi connectivity index (χ1) is 8.01. The number of hydrogen-bond donors (Lipinski definition) is 0. The van der Waals surface area contributed by atoms with Crippen molar-refractivity contribution in [2.75, 3.05) is 0 Å². The predicted molar refractivity (Wildman–Crippen MR) is 72.8 cm³/mol. The van der Waals surface area contributed by atoms with Crippen molar-refractivity contribution < 1.29 is 0 Å². The Balaban J connectivity index is 1.66. The lowest BCUT2D eigenvalue weighted by Gasteiger charge is -2.37. The van der Waals surface area contributed by atoms with Gasteiger partial charge in [-0.3, -0.25) is 0 Å². The minimum Gasteiger partial charge on any atom is -0.122 e. The molecule has 0 aliphatic heterocycles. The van der Waals surface area contributed by atoms with Crippen molar-refractivity contribution in [3.05, 3.63) is 16.9 Å². The highest BCUT2D eigenvalue weighted by Gasteiger charge is 2.71. The van der Waals surface area contributed by atoms with Gasteiger partial charge in [0.2, 0.25) is 0 Å². The zero-order chi connectivity index (χ0) is 12.3. The number of hydrogen-bond acceptors (Lipinski definition) is 0. The maximum Gasteiger partial charge on any atom is 0.00422 e. The van der Waals surface area contributed by atoms with Gasteiger partial charge in [-0.2, -0.15) is 0 Å². The second-order valence-corrected chi connectivity index (χ2v) is 7.25. The zero-order valence-corrected chi connectivity index (χ0v) is 11.9. The van der Waals surface area contributed by atoms with Gasteiger partial charge in [-0.1, -0.05) is 27.2 Å². The van der Waals surface area contributed by atoms with Gasteiger partial charge in [-0.15, -0.1) is 5.73 Å². The Kier molecular flexibility index (Phi) is 2.40. The Bertz CT molecular complexity index is 400. The molecule has 3 saturated carbocycles. The van der Waals surface area contributed by atoms with Crippen LogP contribution in [0.2, 0.25) is 0 Å². The van der Waals surface area contributed by atoms with Gasteiger partial charge in [0.25, 0.3) is 0 Å². The second-order valence-electron chi connectivity index (χ2n) is 7.25. The molecule has 94 valence electrons. The molecule has 0 saturated heterocycles. The van der Waals surface area contributed by atoms with Crippen molar-refractivity contribution >= 4 is 0 Å². The lowest BCUT2D eigenvalue weighted by molar-refractivity contribution is 0.142. The van der Waals surface area contributed by atoms with Crippen LogP contribution in [0.25, 0.3) is 0 Å². The Hall–Kier alpha value is -0.480. The van der Waals surface area contributed by atoms with Crippen molar-refractivity contribution in [1.29, 1.82) is 0 Å². The van der Waals surface area contributed by atoms with E-state index in [9.17, 15) is 0 Å². The molecule has 0 nitrogen and oxygen atoms in total. The van der Waals surface area contributed by atoms with Gasteiger partial charge in [-0.05, 0) is 67.4 Å². The van der Waals surface area contributed by atoms with Crippen LogP contribution in [-0.4, -0.2) is 0 Å². The fourth-order valence-electron chi connectivity index (χ4n) is 4.16. The first-order valence-corrected chi connectivity index (χ1v) is 7.48. The highest BCUT2D eigenvalue weighted by atomic mass is 14.7. The van der Waals surface area contributed by atoms with Crippen LogP contribution in [0.3, 0.4) is 0 Å². The molecule has 3 fully saturated rings. The summed E-state index contributed by atoms with van der Waals surface area (Å²) < 4.78 is 0. The third kappa shape index (κ3) is 1.73. The van der Waals surface area contributed by atoms with Gasteiger partial charge in [0.1, 0.15) is 0 Å². The largest absolute Gasteiger partial charge is 0.122 e. The summed E-state index contributed by atoms with van der Waals surface area (Å²) in [5.41, 5.74) is 8.39. The van der Waals surface area contributed by atoms with Gasteiger partial charge in [0, 0.05) is 5.41 Å². The summed E-state index contributed by atoms with van der Waals surface area (Å²) in [6, 6.07) is 0. The molecular formula is C17H26. The average molecular weight is 230 g/mol. The summed E-state index contributed by atoms with van der Waals surface area (Å²) in [6.07, 6.45) is 8.49. The van der Waals surface area contributed by atoms with Crippen molar-refractivity contribution in [3.8, 4) is 0 Å². The predicted octanol–water partition coefficient (Wildman–Crippen LogP) is 5.10. The summed E-state index contributed by atoms with van der Waals surface area (Å²) in [7, 11) is 0. The molecule has 0 radical (unpaired) electrons. The Morgan fingerprint density at radius 3 is 2.65 bits per heavy atom. The van der Waals surface area contributed by atoms with Crippen molar-refractivity contribution in [3.63, 3.8) is 0 Å². The molecule has 0 heterocycles. The molecule has 0 aromatic carbocycles. The molecule has 2 spiro atoms. The molecule has 0 amide bonds. The van der Waals surface area contributed by atoms with Crippen LogP contribution in [0, 0.1) is 22.7 Å². The number of rotatable bonds is 3. The summed E-state index contributed by atoms with van der Waals surface area (Å²) in [6.45, 7) is 9.35. The normalized spacial score (nSPS) is 43.3. The monoisotopic (exact) mass is 230 g/mol. The van der Waals surface area contributed by atoms with E-state index in [1.54, 1.807) is 5.57 Å². The zero-order valence-electron chi connectivity index (χ0n) is 11.9. The third-order valence-corrected chi connectivity index (χ3v) is 5.82. The summed E-state index contributed by atoms with van der Waals surface area (Å²) in [4.78, 5) is 0. The van der Waals surface area contributed by atoms with E-state index in [0.717, 1.165) is 17.3 Å². The highest BCUT2D eigenvalue weighted by Crippen LogP contribution is 2.81. The van der Waals surface area contributed by atoms with Crippen LogP contribution in [0.5, 0.6) is 0 Å². The van der Waals surface area contributed by atoms with Gasteiger partial charge >= 0.3 is 0 Å². The molecule has 3 aliphatic rings. The maximum atomic E-state index is 3.74. The molecule has 2 atom stereocenters. The van der Waals surface area contributed by atoms with Gasteiger partial charge in [0.05, 0.1) is 0 Å². The van der Waals surface area contributed by atoms with Crippen molar-refractivity contribution in [2.45, 2.75) is 66.2 Å². The van der Waals surface area contributed by atoms with E-state index in [0.29, 0.717) is 5.41 Å². The molecule has 3 aliphatic carbocycles. The highest BCUT2D eigenvalue weighted by molar-refractivity contribution is 5.41. The van der Waals surface area contributed by atoms with Crippen LogP contribution in [0.1, 0.15) is 66.2 Å². The molecule has 0 bridgehead atoms. The quantitative estimate of drug-likeness (QED) is 0.591. The number of allylic oxidation sites excluding steroid dienone is 1. The SMILES string of the molecule is CCCC(C)C(C)=C=C1CC12CC1(CC1C)C2. The van der Waals surface area contributed by atoms with Crippen LogP contribution < -0.4 is 0 Å². The van der Waals surface area contributed by atoms with Crippen LogP contribution in [-0.2, 0) is 0 Å². The van der Waals surface area contributed by atoms with Crippen LogP contribution >= 0.6 is 0 Å². The topological polar surface area (TPSA) is 0 Å². The molecule has 0 aromatic rings. The Morgan fingerprint density at radius 2 is 2.12 bits per heavy atom. The van der Waals surface area contributed by atoms with E-state index in [4.69, 9.17) is 0 Å². The molecule has 3 rings (SSSR count). The van der Waals surface area contributed by atoms with Crippen LogP contribution in [0.15, 0.2) is 16.9 Å². The van der Waals surface area contributed by atoms with E-state index in [-0.39, 0.29) is 0 Å². The maximum absolute atomic E-state index is 3.74. The van der Waals surface area contributed by atoms with Gasteiger partial charge in [-0.25, -0.2) is 0 Å². The van der Waals surface area contributed by atoms with E-state index >= 15 is 0 Å². The average Bonchev–Trinajstić information content (AvgIpc) is 3.07.